The molecule has 1 aromatic heterocycles. The number of aliphatic hydroxyl groups excluding tert-OH is 1. The number of aliphatic hydroxyl groups is 1. The fourth-order valence-electron chi connectivity index (χ4n) is 3.68. The molecule has 12 nitrogen and oxygen atoms in total. The summed E-state index contributed by atoms with van der Waals surface area (Å²) in [7, 11) is 0. The number of nitrogens with two attached hydrogens (primary N) is 1. The third kappa shape index (κ3) is 9.66. The van der Waals surface area contributed by atoms with Gasteiger partial charge in [0, 0.05) is 24.7 Å². The molecule has 2 aromatic rings. The van der Waals surface area contributed by atoms with Crippen molar-refractivity contribution in [3.8, 4) is 0 Å². The average molecular weight is 517 g/mol. The van der Waals surface area contributed by atoms with E-state index >= 15 is 0 Å². The van der Waals surface area contributed by atoms with Crippen molar-refractivity contribution in [1.29, 1.82) is 0 Å². The Labute approximate surface area is 215 Å². The van der Waals surface area contributed by atoms with Gasteiger partial charge in [-0.05, 0) is 24.8 Å². The van der Waals surface area contributed by atoms with E-state index in [1.807, 2.05) is 13.8 Å². The van der Waals surface area contributed by atoms with Gasteiger partial charge in [-0.15, -0.1) is 0 Å². The van der Waals surface area contributed by atoms with E-state index in [9.17, 15) is 29.4 Å². The highest BCUT2D eigenvalue weighted by molar-refractivity contribution is 5.94. The summed E-state index contributed by atoms with van der Waals surface area (Å²) >= 11 is 0. The molecular weight excluding hydrogens is 480 g/mol. The van der Waals surface area contributed by atoms with Crippen molar-refractivity contribution in [2.45, 2.75) is 70.3 Å². The van der Waals surface area contributed by atoms with Crippen LogP contribution in [-0.4, -0.2) is 74.1 Å². The van der Waals surface area contributed by atoms with E-state index in [-0.39, 0.29) is 25.2 Å². The number of imidazole rings is 1. The fraction of sp³-hybridized carbons (Fsp3) is 0.480. The second-order valence-corrected chi connectivity index (χ2v) is 9.39. The smallest absolute Gasteiger partial charge is 0.326 e. The maximum Gasteiger partial charge on any atom is 0.326 e. The van der Waals surface area contributed by atoms with Crippen molar-refractivity contribution in [2.24, 2.45) is 11.7 Å². The van der Waals surface area contributed by atoms with Gasteiger partial charge in [0.2, 0.25) is 17.7 Å². The number of H-pyrrole nitrogens is 1. The van der Waals surface area contributed by atoms with E-state index in [1.165, 1.54) is 19.4 Å². The zero-order chi connectivity index (χ0) is 27.5. The lowest BCUT2D eigenvalue weighted by Crippen LogP contribution is -2.60. The van der Waals surface area contributed by atoms with Gasteiger partial charge in [0.1, 0.15) is 18.1 Å². The monoisotopic (exact) mass is 516 g/mol. The number of carbonyl (C=O) groups excluding carboxylic acids is 3. The minimum absolute atomic E-state index is 0.0163. The summed E-state index contributed by atoms with van der Waals surface area (Å²) < 4.78 is 0. The molecule has 37 heavy (non-hydrogen) atoms. The number of hydrogen-bond acceptors (Lipinski definition) is 7. The molecule has 0 aliphatic carbocycles. The van der Waals surface area contributed by atoms with Crippen LogP contribution < -0.4 is 21.7 Å². The molecular formula is C25H36N6O6. The molecule has 0 saturated heterocycles. The van der Waals surface area contributed by atoms with E-state index < -0.39 is 54.0 Å². The van der Waals surface area contributed by atoms with Crippen molar-refractivity contribution in [2.75, 3.05) is 0 Å². The number of hydrogen-bond donors (Lipinski definition) is 7. The number of carboxylic acid groups (broad SMARTS) is 1. The van der Waals surface area contributed by atoms with Crippen LogP contribution in [0.15, 0.2) is 42.9 Å². The molecule has 0 aliphatic heterocycles. The Balaban J connectivity index is 2.17. The van der Waals surface area contributed by atoms with Crippen LogP contribution in [0.25, 0.3) is 0 Å². The quantitative estimate of drug-likeness (QED) is 0.174. The second-order valence-electron chi connectivity index (χ2n) is 9.39. The molecule has 0 saturated carbocycles. The van der Waals surface area contributed by atoms with Gasteiger partial charge in [-0.25, -0.2) is 9.78 Å². The standard InChI is InChI=1S/C25H36N6O6/c1-14(2)9-20(25(36)37)30-24(35)21(15(3)32)31-23(34)19(10-16-7-5-4-6-8-16)29-22(33)18(26)11-17-12-27-13-28-17/h4-8,12-15,18-21,32H,9-11,26H2,1-3H3,(H,27,28)(H,29,33)(H,30,35)(H,31,34)(H,36,37). The van der Waals surface area contributed by atoms with Crippen LogP contribution in [0.4, 0.5) is 0 Å². The Kier molecular flexibility index (Phi) is 11.2. The summed E-state index contributed by atoms with van der Waals surface area (Å²) in [6.45, 7) is 4.92. The predicted octanol–water partition coefficient (Wildman–Crippen LogP) is -0.512. The summed E-state index contributed by atoms with van der Waals surface area (Å²) in [5.74, 6) is -3.41. The molecule has 1 aromatic carbocycles. The maximum atomic E-state index is 13.2. The minimum atomic E-state index is -1.45. The molecule has 0 aliphatic rings. The van der Waals surface area contributed by atoms with Gasteiger partial charge in [0.15, 0.2) is 0 Å². The van der Waals surface area contributed by atoms with Crippen LogP contribution in [0, 0.1) is 5.92 Å². The first kappa shape index (κ1) is 29.5. The van der Waals surface area contributed by atoms with E-state index in [0.717, 1.165) is 5.56 Å². The molecule has 202 valence electrons. The van der Waals surface area contributed by atoms with Crippen molar-refractivity contribution in [1.82, 2.24) is 25.9 Å². The highest BCUT2D eigenvalue weighted by Crippen LogP contribution is 2.08. The number of aromatic amines is 1. The number of carbonyl (C=O) groups is 4. The third-order valence-corrected chi connectivity index (χ3v) is 5.63. The van der Waals surface area contributed by atoms with E-state index in [0.29, 0.717) is 5.69 Å². The number of amides is 3. The lowest BCUT2D eigenvalue weighted by molar-refractivity contribution is -0.143. The number of benzene rings is 1. The molecule has 0 spiro atoms. The van der Waals surface area contributed by atoms with E-state index in [2.05, 4.69) is 25.9 Å². The van der Waals surface area contributed by atoms with Gasteiger partial charge in [0.25, 0.3) is 0 Å². The van der Waals surface area contributed by atoms with Gasteiger partial charge in [0.05, 0.1) is 18.5 Å². The Bertz CT molecular complexity index is 1030. The third-order valence-electron chi connectivity index (χ3n) is 5.63. The Morgan fingerprint density at radius 3 is 2.14 bits per heavy atom. The summed E-state index contributed by atoms with van der Waals surface area (Å²) in [4.78, 5) is 57.2. The van der Waals surface area contributed by atoms with Crippen molar-refractivity contribution < 1.29 is 29.4 Å². The molecule has 12 heteroatoms. The van der Waals surface area contributed by atoms with Crippen LogP contribution in [0.1, 0.15) is 38.4 Å². The molecule has 5 atom stereocenters. The number of nitrogens with one attached hydrogen (secondary N) is 4. The Morgan fingerprint density at radius 1 is 0.946 bits per heavy atom. The van der Waals surface area contributed by atoms with Crippen LogP contribution in [0.5, 0.6) is 0 Å². The molecule has 0 fully saturated rings. The summed E-state index contributed by atoms with van der Waals surface area (Å²) in [5.41, 5.74) is 7.41. The number of rotatable bonds is 14. The highest BCUT2D eigenvalue weighted by Gasteiger charge is 2.33. The number of aliphatic carboxylic acids is 1. The molecule has 1 heterocycles. The molecule has 0 radical (unpaired) electrons. The van der Waals surface area contributed by atoms with E-state index in [1.54, 1.807) is 30.3 Å². The van der Waals surface area contributed by atoms with Gasteiger partial charge in [-0.1, -0.05) is 44.2 Å². The van der Waals surface area contributed by atoms with Gasteiger partial charge < -0.3 is 36.9 Å². The first-order valence-corrected chi connectivity index (χ1v) is 12.1. The van der Waals surface area contributed by atoms with Crippen LogP contribution in [0.2, 0.25) is 0 Å². The molecule has 8 N–H and O–H groups in total. The van der Waals surface area contributed by atoms with Gasteiger partial charge >= 0.3 is 5.97 Å². The summed E-state index contributed by atoms with van der Waals surface area (Å²) in [6, 6.07) is 4.18. The average Bonchev–Trinajstić information content (AvgIpc) is 3.34. The Morgan fingerprint density at radius 2 is 1.59 bits per heavy atom. The summed E-state index contributed by atoms with van der Waals surface area (Å²) in [6.07, 6.45) is 2.08. The zero-order valence-electron chi connectivity index (χ0n) is 21.2. The molecule has 2 rings (SSSR count). The van der Waals surface area contributed by atoms with Gasteiger partial charge in [-0.3, -0.25) is 14.4 Å². The molecule has 0 bridgehead atoms. The highest BCUT2D eigenvalue weighted by atomic mass is 16.4. The number of aromatic nitrogens is 2. The predicted molar refractivity (Wildman–Crippen MR) is 135 cm³/mol. The maximum absolute atomic E-state index is 13.2. The van der Waals surface area contributed by atoms with Crippen LogP contribution in [-0.2, 0) is 32.0 Å². The summed E-state index contributed by atoms with van der Waals surface area (Å²) in [5, 5.41) is 27.1. The second kappa shape index (κ2) is 14.1. The first-order chi connectivity index (χ1) is 17.5. The largest absolute Gasteiger partial charge is 0.480 e. The van der Waals surface area contributed by atoms with Gasteiger partial charge in [-0.2, -0.15) is 0 Å². The lowest BCUT2D eigenvalue weighted by Gasteiger charge is -2.27. The molecule has 5 unspecified atom stereocenters. The lowest BCUT2D eigenvalue weighted by atomic mass is 10.0. The normalized spacial score (nSPS) is 15.2. The minimum Gasteiger partial charge on any atom is -0.480 e. The number of nitrogens with zero attached hydrogens (tertiary/aromatic N) is 1. The van der Waals surface area contributed by atoms with Crippen LogP contribution in [0.3, 0.4) is 0 Å². The van der Waals surface area contributed by atoms with Crippen molar-refractivity contribution in [3.63, 3.8) is 0 Å². The Hall–Kier alpha value is -3.77. The van der Waals surface area contributed by atoms with E-state index in [4.69, 9.17) is 5.73 Å². The topological polar surface area (TPSA) is 200 Å². The van der Waals surface area contributed by atoms with Crippen molar-refractivity contribution >= 4 is 23.7 Å². The van der Waals surface area contributed by atoms with Crippen molar-refractivity contribution in [3.05, 3.63) is 54.1 Å². The fourth-order valence-corrected chi connectivity index (χ4v) is 3.68. The zero-order valence-corrected chi connectivity index (χ0v) is 21.2. The SMILES string of the molecule is CC(C)CC(NC(=O)C(NC(=O)C(Cc1ccccc1)NC(=O)C(N)Cc1cnc[nH]1)C(C)O)C(=O)O. The first-order valence-electron chi connectivity index (χ1n) is 12.1. The number of carboxylic acids is 1. The molecule has 3 amide bonds. The van der Waals surface area contributed by atoms with Crippen LogP contribution >= 0.6 is 0 Å².